The second-order valence-corrected chi connectivity index (χ2v) is 4.81. The standard InChI is InChI=1S/C14H22N2O/c1-3-16-14(12-5-4-6-17-10-12)13-7-11(2)8-15-9-13/h7-9,12,14,16H,3-6,10H2,1-2H3. The van der Waals surface area contributed by atoms with E-state index < -0.39 is 0 Å². The van der Waals surface area contributed by atoms with Gasteiger partial charge in [0.25, 0.3) is 0 Å². The lowest BCUT2D eigenvalue weighted by molar-refractivity contribution is 0.0392. The average Bonchev–Trinajstić information content (AvgIpc) is 2.37. The Labute approximate surface area is 104 Å². The van der Waals surface area contributed by atoms with Gasteiger partial charge < -0.3 is 10.1 Å². The van der Waals surface area contributed by atoms with E-state index in [0.717, 1.165) is 19.8 Å². The van der Waals surface area contributed by atoms with Crippen LogP contribution in [0.15, 0.2) is 18.5 Å². The zero-order valence-electron chi connectivity index (χ0n) is 10.8. The van der Waals surface area contributed by atoms with Crippen molar-refractivity contribution in [2.75, 3.05) is 19.8 Å². The molecule has 2 unspecified atom stereocenters. The molecular formula is C14H22N2O. The molecule has 0 bridgehead atoms. The van der Waals surface area contributed by atoms with Crippen molar-refractivity contribution in [1.82, 2.24) is 10.3 Å². The van der Waals surface area contributed by atoms with Crippen molar-refractivity contribution < 1.29 is 4.74 Å². The Hall–Kier alpha value is -0.930. The number of aromatic nitrogens is 1. The van der Waals surface area contributed by atoms with Gasteiger partial charge in [-0.25, -0.2) is 0 Å². The third-order valence-corrected chi connectivity index (χ3v) is 3.35. The van der Waals surface area contributed by atoms with Gasteiger partial charge in [0, 0.05) is 31.0 Å². The Balaban J connectivity index is 2.15. The third kappa shape index (κ3) is 3.27. The SMILES string of the molecule is CCNC(c1cncc(C)c1)C1CCCOC1. The maximum atomic E-state index is 5.60. The summed E-state index contributed by atoms with van der Waals surface area (Å²) < 4.78 is 5.60. The number of nitrogens with one attached hydrogen (secondary N) is 1. The lowest BCUT2D eigenvalue weighted by atomic mass is 9.89. The van der Waals surface area contributed by atoms with E-state index in [4.69, 9.17) is 4.74 Å². The van der Waals surface area contributed by atoms with Crippen molar-refractivity contribution in [1.29, 1.82) is 0 Å². The second-order valence-electron chi connectivity index (χ2n) is 4.81. The van der Waals surface area contributed by atoms with Crippen LogP contribution in [-0.4, -0.2) is 24.7 Å². The van der Waals surface area contributed by atoms with Gasteiger partial charge in [0.2, 0.25) is 0 Å². The van der Waals surface area contributed by atoms with Gasteiger partial charge in [0.05, 0.1) is 6.61 Å². The van der Waals surface area contributed by atoms with Crippen LogP contribution in [0.3, 0.4) is 0 Å². The van der Waals surface area contributed by atoms with Gasteiger partial charge in [-0.15, -0.1) is 0 Å². The van der Waals surface area contributed by atoms with E-state index in [1.54, 1.807) is 0 Å². The molecule has 0 saturated carbocycles. The summed E-state index contributed by atoms with van der Waals surface area (Å²) in [6, 6.07) is 2.61. The van der Waals surface area contributed by atoms with Crippen LogP contribution in [0.25, 0.3) is 0 Å². The molecule has 1 aliphatic rings. The van der Waals surface area contributed by atoms with Crippen LogP contribution in [0, 0.1) is 12.8 Å². The molecule has 0 spiro atoms. The number of ether oxygens (including phenoxy) is 1. The molecule has 1 fully saturated rings. The Kier molecular flexibility index (Phi) is 4.51. The topological polar surface area (TPSA) is 34.2 Å². The van der Waals surface area contributed by atoms with E-state index >= 15 is 0 Å². The summed E-state index contributed by atoms with van der Waals surface area (Å²) in [5.41, 5.74) is 2.52. The third-order valence-electron chi connectivity index (χ3n) is 3.35. The van der Waals surface area contributed by atoms with E-state index in [9.17, 15) is 0 Å². The molecule has 3 heteroatoms. The van der Waals surface area contributed by atoms with Crippen LogP contribution in [0.1, 0.15) is 36.9 Å². The van der Waals surface area contributed by atoms with Crippen LogP contribution in [-0.2, 0) is 4.74 Å². The monoisotopic (exact) mass is 234 g/mol. The molecule has 2 atom stereocenters. The highest BCUT2D eigenvalue weighted by molar-refractivity contribution is 5.21. The maximum Gasteiger partial charge on any atom is 0.0512 e. The van der Waals surface area contributed by atoms with Gasteiger partial charge in [-0.05, 0) is 37.4 Å². The molecule has 3 nitrogen and oxygen atoms in total. The molecule has 2 heterocycles. The summed E-state index contributed by atoms with van der Waals surface area (Å²) in [5, 5.41) is 3.58. The molecule has 1 N–H and O–H groups in total. The minimum absolute atomic E-state index is 0.382. The summed E-state index contributed by atoms with van der Waals surface area (Å²) >= 11 is 0. The first-order chi connectivity index (χ1) is 8.31. The largest absolute Gasteiger partial charge is 0.381 e. The molecule has 17 heavy (non-hydrogen) atoms. The minimum atomic E-state index is 0.382. The van der Waals surface area contributed by atoms with Crippen molar-refractivity contribution in [2.24, 2.45) is 5.92 Å². The number of nitrogens with zero attached hydrogens (tertiary/aromatic N) is 1. The number of pyridine rings is 1. The van der Waals surface area contributed by atoms with E-state index in [1.807, 2.05) is 12.4 Å². The van der Waals surface area contributed by atoms with E-state index in [-0.39, 0.29) is 0 Å². The smallest absolute Gasteiger partial charge is 0.0512 e. The van der Waals surface area contributed by atoms with Crippen molar-refractivity contribution in [2.45, 2.75) is 32.7 Å². The number of hydrogen-bond acceptors (Lipinski definition) is 3. The highest BCUT2D eigenvalue weighted by Crippen LogP contribution is 2.28. The van der Waals surface area contributed by atoms with Crippen LogP contribution in [0.5, 0.6) is 0 Å². The molecule has 1 aliphatic heterocycles. The summed E-state index contributed by atoms with van der Waals surface area (Å²) in [6.07, 6.45) is 6.30. The quantitative estimate of drug-likeness (QED) is 0.869. The molecule has 0 aliphatic carbocycles. The highest BCUT2D eigenvalue weighted by Gasteiger charge is 2.25. The van der Waals surface area contributed by atoms with Crippen molar-refractivity contribution in [3.05, 3.63) is 29.6 Å². The highest BCUT2D eigenvalue weighted by atomic mass is 16.5. The summed E-state index contributed by atoms with van der Waals surface area (Å²) in [4.78, 5) is 4.30. The van der Waals surface area contributed by atoms with E-state index in [1.165, 1.54) is 24.0 Å². The lowest BCUT2D eigenvalue weighted by Crippen LogP contribution is -2.33. The van der Waals surface area contributed by atoms with Crippen molar-refractivity contribution in [3.63, 3.8) is 0 Å². The number of hydrogen-bond donors (Lipinski definition) is 1. The molecular weight excluding hydrogens is 212 g/mol. The van der Waals surface area contributed by atoms with Crippen LogP contribution in [0.4, 0.5) is 0 Å². The summed E-state index contributed by atoms with van der Waals surface area (Å²) in [7, 11) is 0. The van der Waals surface area contributed by atoms with Crippen LogP contribution in [0.2, 0.25) is 0 Å². The lowest BCUT2D eigenvalue weighted by Gasteiger charge is -2.31. The van der Waals surface area contributed by atoms with Gasteiger partial charge in [0.1, 0.15) is 0 Å². The molecule has 0 radical (unpaired) electrons. The van der Waals surface area contributed by atoms with Crippen molar-refractivity contribution in [3.8, 4) is 0 Å². The zero-order chi connectivity index (χ0) is 12.1. The predicted octanol–water partition coefficient (Wildman–Crippen LogP) is 2.47. The Morgan fingerprint density at radius 3 is 3.06 bits per heavy atom. The van der Waals surface area contributed by atoms with Gasteiger partial charge in [-0.3, -0.25) is 4.98 Å². The van der Waals surface area contributed by atoms with Gasteiger partial charge in [-0.2, -0.15) is 0 Å². The fraction of sp³-hybridized carbons (Fsp3) is 0.643. The van der Waals surface area contributed by atoms with Gasteiger partial charge in [0.15, 0.2) is 0 Å². The van der Waals surface area contributed by atoms with Gasteiger partial charge >= 0.3 is 0 Å². The minimum Gasteiger partial charge on any atom is -0.381 e. The Morgan fingerprint density at radius 1 is 1.53 bits per heavy atom. The molecule has 94 valence electrons. The first kappa shape index (κ1) is 12.5. The number of aryl methyl sites for hydroxylation is 1. The van der Waals surface area contributed by atoms with Gasteiger partial charge in [-0.1, -0.05) is 13.0 Å². The van der Waals surface area contributed by atoms with E-state index in [2.05, 4.69) is 30.2 Å². The molecule has 0 amide bonds. The molecule has 1 saturated heterocycles. The molecule has 1 aromatic heterocycles. The number of rotatable bonds is 4. The first-order valence-corrected chi connectivity index (χ1v) is 6.54. The average molecular weight is 234 g/mol. The van der Waals surface area contributed by atoms with E-state index in [0.29, 0.717) is 12.0 Å². The maximum absolute atomic E-state index is 5.60. The fourth-order valence-corrected chi connectivity index (χ4v) is 2.55. The predicted molar refractivity (Wildman–Crippen MR) is 68.9 cm³/mol. The normalized spacial score (nSPS) is 22.4. The zero-order valence-corrected chi connectivity index (χ0v) is 10.8. The summed E-state index contributed by atoms with van der Waals surface area (Å²) in [5.74, 6) is 0.576. The van der Waals surface area contributed by atoms with Crippen LogP contribution < -0.4 is 5.32 Å². The first-order valence-electron chi connectivity index (χ1n) is 6.54. The molecule has 2 rings (SSSR count). The van der Waals surface area contributed by atoms with Crippen LogP contribution >= 0.6 is 0 Å². The fourth-order valence-electron chi connectivity index (χ4n) is 2.55. The second kappa shape index (κ2) is 6.12. The van der Waals surface area contributed by atoms with Crippen molar-refractivity contribution >= 4 is 0 Å². The molecule has 1 aromatic rings. The Morgan fingerprint density at radius 2 is 2.41 bits per heavy atom. The molecule has 0 aromatic carbocycles. The summed E-state index contributed by atoms with van der Waals surface area (Å²) in [6.45, 7) is 7.01. The Bertz CT molecular complexity index is 348.